The van der Waals surface area contributed by atoms with Crippen molar-refractivity contribution in [2.24, 2.45) is 21.1 Å². The summed E-state index contributed by atoms with van der Waals surface area (Å²) in [5, 5.41) is 9.11. The van der Waals surface area contributed by atoms with E-state index in [0.29, 0.717) is 5.41 Å². The number of benzene rings is 1. The topological polar surface area (TPSA) is 56.5 Å². The zero-order valence-corrected chi connectivity index (χ0v) is 22.9. The lowest BCUT2D eigenvalue weighted by molar-refractivity contribution is 0.299. The van der Waals surface area contributed by atoms with Crippen molar-refractivity contribution >= 4 is 41.1 Å². The Bertz CT molecular complexity index is 1070. The van der Waals surface area contributed by atoms with Crippen LogP contribution in [0.1, 0.15) is 36.6 Å². The van der Waals surface area contributed by atoms with Crippen molar-refractivity contribution < 1.29 is 0 Å². The molecule has 35 heavy (non-hydrogen) atoms. The average Bonchev–Trinajstić information content (AvgIpc) is 3.44. The molecule has 2 aromatic rings. The van der Waals surface area contributed by atoms with Crippen LogP contribution < -0.4 is 0 Å². The number of fused-ring (bicyclic) bond motifs is 1. The molecule has 2 fully saturated rings. The van der Waals surface area contributed by atoms with Crippen molar-refractivity contribution in [2.45, 2.75) is 37.0 Å². The highest BCUT2D eigenvalue weighted by molar-refractivity contribution is 8.13. The van der Waals surface area contributed by atoms with Crippen LogP contribution in [0.2, 0.25) is 0 Å². The molecule has 2 heterocycles. The maximum absolute atomic E-state index is 4.39. The van der Waals surface area contributed by atoms with E-state index in [1.807, 2.05) is 44.1 Å². The summed E-state index contributed by atoms with van der Waals surface area (Å²) in [6.07, 6.45) is 4.39. The van der Waals surface area contributed by atoms with Crippen LogP contribution in [0.25, 0.3) is 0 Å². The number of hydrogen-bond donors (Lipinski definition) is 0. The quantitative estimate of drug-likeness (QED) is 0.111. The summed E-state index contributed by atoms with van der Waals surface area (Å²) in [5.74, 6) is 3.63. The molecule has 1 saturated heterocycles. The van der Waals surface area contributed by atoms with Crippen molar-refractivity contribution in [3.63, 3.8) is 0 Å². The third-order valence-electron chi connectivity index (χ3n) is 6.97. The molecule has 0 radical (unpaired) electrons. The highest BCUT2D eigenvalue weighted by atomic mass is 32.2. The first-order valence-electron chi connectivity index (χ1n) is 12.1. The second-order valence-corrected chi connectivity index (χ2v) is 11.8. The van der Waals surface area contributed by atoms with Gasteiger partial charge in [0.05, 0.1) is 10.9 Å². The van der Waals surface area contributed by atoms with Crippen LogP contribution in [-0.4, -0.2) is 77.7 Å². The average molecular weight is 509 g/mol. The Kier molecular flexibility index (Phi) is 8.68. The molecule has 186 valence electrons. The standard InChI is InChI=1S/C27H36N6S2/c1-20-7-8-22(16-30-20)26(31-29-4)32(5)19-34-14-6-13-33-17-24-15-27(24,18-33)23-9-11-25(12-10-23)35-21(2)28-3/h7-12,16,24H,4,6,13-15,17-19H2,1-3,5H3/b28-21?,31-26-/t24-,27+/m1/s1. The number of amidine groups is 1. The van der Waals surface area contributed by atoms with Gasteiger partial charge >= 0.3 is 0 Å². The molecule has 4 rings (SSSR count). The number of nitrogens with zero attached hydrogens (tertiary/aromatic N) is 6. The van der Waals surface area contributed by atoms with Crippen LogP contribution in [0.5, 0.6) is 0 Å². The zero-order valence-electron chi connectivity index (χ0n) is 21.3. The van der Waals surface area contributed by atoms with E-state index in [2.05, 4.69) is 74.9 Å². The van der Waals surface area contributed by atoms with Gasteiger partial charge in [-0.2, -0.15) is 5.10 Å². The van der Waals surface area contributed by atoms with Crippen molar-refractivity contribution in [1.82, 2.24) is 14.8 Å². The SMILES string of the molecule is C=N/N=C(/c1ccc(C)nc1)N(C)CSCCCN1C[C@H]2C[C@@]2(c2ccc(SC(C)=NC)cc2)C1. The molecular formula is C27H36N6S2. The van der Waals surface area contributed by atoms with Gasteiger partial charge in [0.2, 0.25) is 0 Å². The first-order valence-corrected chi connectivity index (χ1v) is 14.1. The second-order valence-electron chi connectivity index (χ2n) is 9.50. The summed E-state index contributed by atoms with van der Waals surface area (Å²) in [6.45, 7) is 11.2. The lowest BCUT2D eigenvalue weighted by atomic mass is 9.95. The van der Waals surface area contributed by atoms with E-state index < -0.39 is 0 Å². The molecule has 0 unspecified atom stereocenters. The fourth-order valence-corrected chi connectivity index (χ4v) is 6.51. The normalized spacial score (nSPS) is 22.2. The Morgan fingerprint density at radius 1 is 1.26 bits per heavy atom. The molecule has 8 heteroatoms. The first kappa shape index (κ1) is 25.9. The highest BCUT2D eigenvalue weighted by Gasteiger charge is 2.60. The van der Waals surface area contributed by atoms with Gasteiger partial charge in [0.15, 0.2) is 5.84 Å². The van der Waals surface area contributed by atoms with E-state index >= 15 is 0 Å². The summed E-state index contributed by atoms with van der Waals surface area (Å²) >= 11 is 3.68. The molecule has 2 aliphatic rings. The third kappa shape index (κ3) is 6.35. The Morgan fingerprint density at radius 3 is 2.74 bits per heavy atom. The minimum Gasteiger partial charge on any atom is -0.348 e. The molecule has 0 N–H and O–H groups in total. The predicted octanol–water partition coefficient (Wildman–Crippen LogP) is 5.18. The van der Waals surface area contributed by atoms with Gasteiger partial charge in [0.25, 0.3) is 0 Å². The van der Waals surface area contributed by atoms with Gasteiger partial charge in [-0.3, -0.25) is 9.98 Å². The molecule has 0 amide bonds. The molecule has 0 spiro atoms. The Hall–Kier alpha value is -2.16. The van der Waals surface area contributed by atoms with Gasteiger partial charge in [-0.15, -0.1) is 16.9 Å². The summed E-state index contributed by atoms with van der Waals surface area (Å²) in [6, 6.07) is 13.3. The monoisotopic (exact) mass is 508 g/mol. The van der Waals surface area contributed by atoms with Gasteiger partial charge in [-0.1, -0.05) is 23.9 Å². The highest BCUT2D eigenvalue weighted by Crippen LogP contribution is 2.59. The van der Waals surface area contributed by atoms with E-state index in [1.54, 1.807) is 11.8 Å². The van der Waals surface area contributed by atoms with Crippen molar-refractivity contribution in [3.05, 3.63) is 59.4 Å². The van der Waals surface area contributed by atoms with Crippen molar-refractivity contribution in [1.29, 1.82) is 0 Å². The Labute approximate surface area is 218 Å². The molecule has 1 aliphatic carbocycles. The van der Waals surface area contributed by atoms with E-state index in [4.69, 9.17) is 0 Å². The van der Waals surface area contributed by atoms with E-state index in [9.17, 15) is 0 Å². The third-order valence-corrected chi connectivity index (χ3v) is 9.10. The van der Waals surface area contributed by atoms with Crippen LogP contribution in [0.4, 0.5) is 0 Å². The van der Waals surface area contributed by atoms with Gasteiger partial charge in [0.1, 0.15) is 0 Å². The molecule has 2 atom stereocenters. The first-order chi connectivity index (χ1) is 16.9. The van der Waals surface area contributed by atoms with Gasteiger partial charge < -0.3 is 9.80 Å². The van der Waals surface area contributed by atoms with Gasteiger partial charge in [-0.25, -0.2) is 0 Å². The van der Waals surface area contributed by atoms with Crippen LogP contribution in [0.15, 0.2) is 62.7 Å². The zero-order chi connectivity index (χ0) is 24.8. The van der Waals surface area contributed by atoms with Gasteiger partial charge in [-0.05, 0) is 74.7 Å². The summed E-state index contributed by atoms with van der Waals surface area (Å²) in [4.78, 5) is 14.7. The molecular weight excluding hydrogens is 472 g/mol. The number of likely N-dealkylation sites (tertiary alicyclic amines) is 1. The minimum atomic E-state index is 0.398. The van der Waals surface area contributed by atoms with Crippen LogP contribution in [0, 0.1) is 12.8 Å². The summed E-state index contributed by atoms with van der Waals surface area (Å²) in [5.41, 5.74) is 3.87. The fourth-order valence-electron chi connectivity index (χ4n) is 4.95. The van der Waals surface area contributed by atoms with Crippen molar-refractivity contribution in [3.8, 4) is 0 Å². The molecule has 0 bridgehead atoms. The predicted molar refractivity (Wildman–Crippen MR) is 152 cm³/mol. The Morgan fingerprint density at radius 2 is 2.06 bits per heavy atom. The largest absolute Gasteiger partial charge is 0.348 e. The number of hydrogen-bond acceptors (Lipinski definition) is 7. The number of piperidine rings is 1. The lowest BCUT2D eigenvalue weighted by Gasteiger charge is -2.22. The fraction of sp³-hybridized carbons (Fsp3) is 0.481. The number of pyridine rings is 1. The summed E-state index contributed by atoms with van der Waals surface area (Å²) in [7, 11) is 3.90. The minimum absolute atomic E-state index is 0.398. The lowest BCUT2D eigenvalue weighted by Crippen LogP contribution is -2.29. The number of thioether (sulfide) groups is 2. The number of rotatable bonds is 10. The van der Waals surface area contributed by atoms with E-state index in [0.717, 1.165) is 39.7 Å². The van der Waals surface area contributed by atoms with Crippen molar-refractivity contribution in [2.75, 3.05) is 45.4 Å². The molecule has 1 aromatic carbocycles. The Balaban J connectivity index is 1.20. The number of aromatic nitrogens is 1. The maximum atomic E-state index is 4.39. The van der Waals surface area contributed by atoms with Crippen LogP contribution in [0.3, 0.4) is 0 Å². The molecule has 1 aliphatic heterocycles. The number of aliphatic imine (C=N–C) groups is 1. The maximum Gasteiger partial charge on any atom is 0.160 e. The smallest absolute Gasteiger partial charge is 0.160 e. The number of aryl methyl sites for hydroxylation is 1. The van der Waals surface area contributed by atoms with E-state index in [-0.39, 0.29) is 0 Å². The second kappa shape index (κ2) is 11.7. The van der Waals surface area contributed by atoms with Crippen LogP contribution in [-0.2, 0) is 5.41 Å². The van der Waals surface area contributed by atoms with E-state index in [1.165, 1.54) is 42.9 Å². The molecule has 1 aromatic heterocycles. The van der Waals surface area contributed by atoms with Crippen LogP contribution >= 0.6 is 23.5 Å². The molecule has 1 saturated carbocycles. The summed E-state index contributed by atoms with van der Waals surface area (Å²) < 4.78 is 0. The van der Waals surface area contributed by atoms with Gasteiger partial charge in [0, 0.05) is 61.7 Å². The molecule has 6 nitrogen and oxygen atoms in total.